The van der Waals surface area contributed by atoms with Crippen LogP contribution in [-0.2, 0) is 16.6 Å². The number of aromatic nitrogens is 2. The second-order valence-corrected chi connectivity index (χ2v) is 6.52. The first kappa shape index (κ1) is 15.1. The SMILES string of the molecule is CCN(CC(C)C)S(=O)(=O)c1cnn(CCN)c1. The van der Waals surface area contributed by atoms with E-state index >= 15 is 0 Å². The van der Waals surface area contributed by atoms with Gasteiger partial charge < -0.3 is 5.73 Å². The molecule has 6 nitrogen and oxygen atoms in total. The number of hydrogen-bond acceptors (Lipinski definition) is 4. The molecule has 0 aliphatic rings. The molecule has 0 aromatic carbocycles. The largest absolute Gasteiger partial charge is 0.329 e. The van der Waals surface area contributed by atoms with Crippen LogP contribution in [0.25, 0.3) is 0 Å². The fourth-order valence-corrected chi connectivity index (χ4v) is 3.25. The highest BCUT2D eigenvalue weighted by molar-refractivity contribution is 7.89. The van der Waals surface area contributed by atoms with Gasteiger partial charge in [-0.25, -0.2) is 8.42 Å². The minimum atomic E-state index is -3.43. The van der Waals surface area contributed by atoms with Crippen molar-refractivity contribution in [3.05, 3.63) is 12.4 Å². The lowest BCUT2D eigenvalue weighted by Crippen LogP contribution is -2.33. The molecular weight excluding hydrogens is 252 g/mol. The van der Waals surface area contributed by atoms with Crippen molar-refractivity contribution < 1.29 is 8.42 Å². The summed E-state index contributed by atoms with van der Waals surface area (Å²) in [7, 11) is -3.43. The Labute approximate surface area is 109 Å². The number of nitrogens with two attached hydrogens (primary N) is 1. The second-order valence-electron chi connectivity index (χ2n) is 4.58. The van der Waals surface area contributed by atoms with Crippen LogP contribution in [0.15, 0.2) is 17.3 Å². The van der Waals surface area contributed by atoms with E-state index in [1.807, 2.05) is 20.8 Å². The lowest BCUT2D eigenvalue weighted by Gasteiger charge is -2.21. The van der Waals surface area contributed by atoms with Gasteiger partial charge in [-0.1, -0.05) is 20.8 Å². The fraction of sp³-hybridized carbons (Fsp3) is 0.727. The molecule has 0 amide bonds. The van der Waals surface area contributed by atoms with Gasteiger partial charge in [0.2, 0.25) is 10.0 Å². The average molecular weight is 274 g/mol. The normalized spacial score (nSPS) is 12.6. The Morgan fingerprint density at radius 2 is 2.17 bits per heavy atom. The molecule has 1 aromatic rings. The Balaban J connectivity index is 2.95. The number of nitrogens with zero attached hydrogens (tertiary/aromatic N) is 3. The molecule has 104 valence electrons. The summed E-state index contributed by atoms with van der Waals surface area (Å²) in [5.74, 6) is 0.291. The van der Waals surface area contributed by atoms with E-state index in [0.29, 0.717) is 32.1 Å². The second kappa shape index (κ2) is 6.31. The van der Waals surface area contributed by atoms with Gasteiger partial charge in [0, 0.05) is 25.8 Å². The van der Waals surface area contributed by atoms with Crippen LogP contribution in [0.3, 0.4) is 0 Å². The summed E-state index contributed by atoms with van der Waals surface area (Å²) >= 11 is 0. The molecule has 1 aromatic heterocycles. The predicted octanol–water partition coefficient (Wildman–Crippen LogP) is 0.508. The van der Waals surface area contributed by atoms with E-state index in [-0.39, 0.29) is 4.90 Å². The topological polar surface area (TPSA) is 81.2 Å². The van der Waals surface area contributed by atoms with Crippen LogP contribution in [0, 0.1) is 5.92 Å². The first-order valence-electron chi connectivity index (χ1n) is 6.14. The molecule has 0 bridgehead atoms. The lowest BCUT2D eigenvalue weighted by molar-refractivity contribution is 0.381. The van der Waals surface area contributed by atoms with Crippen molar-refractivity contribution in [2.24, 2.45) is 11.7 Å². The zero-order valence-electron chi connectivity index (χ0n) is 11.2. The first-order valence-corrected chi connectivity index (χ1v) is 7.58. The maximum absolute atomic E-state index is 12.4. The van der Waals surface area contributed by atoms with Gasteiger partial charge in [0.1, 0.15) is 4.90 Å². The summed E-state index contributed by atoms with van der Waals surface area (Å²) in [6.07, 6.45) is 2.92. The molecule has 0 saturated carbocycles. The molecule has 0 fully saturated rings. The van der Waals surface area contributed by atoms with Crippen molar-refractivity contribution in [1.29, 1.82) is 0 Å². The van der Waals surface area contributed by atoms with E-state index in [2.05, 4.69) is 5.10 Å². The van der Waals surface area contributed by atoms with Crippen LogP contribution in [0.1, 0.15) is 20.8 Å². The summed E-state index contributed by atoms with van der Waals surface area (Å²) in [5, 5.41) is 4.00. The van der Waals surface area contributed by atoms with Crippen molar-refractivity contribution >= 4 is 10.0 Å². The van der Waals surface area contributed by atoms with Crippen molar-refractivity contribution in [2.45, 2.75) is 32.2 Å². The highest BCUT2D eigenvalue weighted by Gasteiger charge is 2.25. The molecule has 2 N–H and O–H groups in total. The van der Waals surface area contributed by atoms with E-state index in [9.17, 15) is 8.42 Å². The average Bonchev–Trinajstić information content (AvgIpc) is 2.75. The fourth-order valence-electron chi connectivity index (χ4n) is 1.69. The molecular formula is C11H22N4O2S. The zero-order valence-corrected chi connectivity index (χ0v) is 12.0. The van der Waals surface area contributed by atoms with Gasteiger partial charge >= 0.3 is 0 Å². The van der Waals surface area contributed by atoms with Gasteiger partial charge in [-0.15, -0.1) is 0 Å². The molecule has 1 rings (SSSR count). The third-order valence-electron chi connectivity index (χ3n) is 2.53. The van der Waals surface area contributed by atoms with Crippen LogP contribution in [0.4, 0.5) is 0 Å². The summed E-state index contributed by atoms with van der Waals surface area (Å²) in [4.78, 5) is 0.235. The Morgan fingerprint density at radius 3 is 2.67 bits per heavy atom. The van der Waals surface area contributed by atoms with Crippen LogP contribution < -0.4 is 5.73 Å². The Morgan fingerprint density at radius 1 is 1.50 bits per heavy atom. The van der Waals surface area contributed by atoms with E-state index in [1.54, 1.807) is 4.68 Å². The van der Waals surface area contributed by atoms with Gasteiger partial charge in [-0.3, -0.25) is 4.68 Å². The molecule has 0 aliphatic carbocycles. The molecule has 7 heteroatoms. The highest BCUT2D eigenvalue weighted by atomic mass is 32.2. The highest BCUT2D eigenvalue weighted by Crippen LogP contribution is 2.16. The monoisotopic (exact) mass is 274 g/mol. The molecule has 18 heavy (non-hydrogen) atoms. The molecule has 0 saturated heterocycles. The molecule has 0 spiro atoms. The van der Waals surface area contributed by atoms with E-state index < -0.39 is 10.0 Å². The number of sulfonamides is 1. The summed E-state index contributed by atoms with van der Waals surface area (Å²) in [6.45, 7) is 7.76. The minimum absolute atomic E-state index is 0.235. The summed E-state index contributed by atoms with van der Waals surface area (Å²) < 4.78 is 27.7. The van der Waals surface area contributed by atoms with Crippen molar-refractivity contribution in [1.82, 2.24) is 14.1 Å². The standard InChI is InChI=1S/C11H22N4O2S/c1-4-15(8-10(2)3)18(16,17)11-7-13-14(9-11)6-5-12/h7,9-10H,4-6,8,12H2,1-3H3. The third-order valence-corrected chi connectivity index (χ3v) is 4.42. The smallest absolute Gasteiger partial charge is 0.246 e. The predicted molar refractivity (Wildman–Crippen MR) is 70.6 cm³/mol. The van der Waals surface area contributed by atoms with Crippen LogP contribution >= 0.6 is 0 Å². The van der Waals surface area contributed by atoms with Crippen LogP contribution in [-0.4, -0.2) is 42.1 Å². The first-order chi connectivity index (χ1) is 8.41. The summed E-state index contributed by atoms with van der Waals surface area (Å²) in [6, 6.07) is 0. The van der Waals surface area contributed by atoms with Gasteiger partial charge in [-0.2, -0.15) is 9.40 Å². The number of rotatable bonds is 7. The van der Waals surface area contributed by atoms with Gasteiger partial charge in [0.25, 0.3) is 0 Å². The van der Waals surface area contributed by atoms with Gasteiger partial charge in [-0.05, 0) is 5.92 Å². The molecule has 1 heterocycles. The van der Waals surface area contributed by atoms with Crippen molar-refractivity contribution in [3.63, 3.8) is 0 Å². The molecule has 0 unspecified atom stereocenters. The zero-order chi connectivity index (χ0) is 13.8. The maximum Gasteiger partial charge on any atom is 0.246 e. The van der Waals surface area contributed by atoms with E-state index in [4.69, 9.17) is 5.73 Å². The van der Waals surface area contributed by atoms with E-state index in [0.717, 1.165) is 0 Å². The molecule has 0 radical (unpaired) electrons. The minimum Gasteiger partial charge on any atom is -0.329 e. The third kappa shape index (κ3) is 3.54. The van der Waals surface area contributed by atoms with E-state index in [1.165, 1.54) is 16.7 Å². The lowest BCUT2D eigenvalue weighted by atomic mass is 10.2. The Bertz CT molecular complexity index is 467. The quantitative estimate of drug-likeness (QED) is 0.785. The van der Waals surface area contributed by atoms with Crippen LogP contribution in [0.5, 0.6) is 0 Å². The van der Waals surface area contributed by atoms with Crippen LogP contribution in [0.2, 0.25) is 0 Å². The van der Waals surface area contributed by atoms with Gasteiger partial charge in [0.15, 0.2) is 0 Å². The summed E-state index contributed by atoms with van der Waals surface area (Å²) in [5.41, 5.74) is 5.41. The maximum atomic E-state index is 12.4. The van der Waals surface area contributed by atoms with Crippen molar-refractivity contribution in [3.8, 4) is 0 Å². The van der Waals surface area contributed by atoms with Gasteiger partial charge in [0.05, 0.1) is 12.7 Å². The Kier molecular flexibility index (Phi) is 5.30. The molecule has 0 aliphatic heterocycles. The number of hydrogen-bond donors (Lipinski definition) is 1. The Hall–Kier alpha value is -0.920. The van der Waals surface area contributed by atoms with Crippen molar-refractivity contribution in [2.75, 3.05) is 19.6 Å². The molecule has 0 atom stereocenters.